The van der Waals surface area contributed by atoms with Crippen LogP contribution < -0.4 is 16.6 Å². The van der Waals surface area contributed by atoms with Gasteiger partial charge in [0.25, 0.3) is 5.56 Å². The molecule has 0 aliphatic carbocycles. The maximum Gasteiger partial charge on any atom is 0.259 e. The van der Waals surface area contributed by atoms with E-state index in [0.717, 1.165) is 28.1 Å². The van der Waals surface area contributed by atoms with Crippen molar-refractivity contribution in [3.05, 3.63) is 26.6 Å². The standard InChI is InChI=1S/C21H27N5O4S.ClH/c1-10-11(2)31-19-14(10)18(28)24-13(25-19)4-7-23-17(27)15-12-3-5-21(30-12)9-26(8-6-22)20(29)16(15)21;/h12,15-16H,3-9,22H2,1-2H3,(H,23,27)(H,24,25,28);1H/t12-,15-,16+,21-;/m0./s1. The molecule has 5 rings (SSSR count). The Balaban J connectivity index is 0.00000245. The quantitative estimate of drug-likeness (QED) is 0.555. The fourth-order valence-electron chi connectivity index (χ4n) is 5.53. The number of fused-ring (bicyclic) bond motifs is 2. The third-order valence-electron chi connectivity index (χ3n) is 7.05. The van der Waals surface area contributed by atoms with Crippen LogP contribution in [0.25, 0.3) is 10.2 Å². The zero-order valence-electron chi connectivity index (χ0n) is 18.1. The van der Waals surface area contributed by atoms with Crippen molar-refractivity contribution in [1.82, 2.24) is 20.2 Å². The van der Waals surface area contributed by atoms with Gasteiger partial charge in [-0.2, -0.15) is 0 Å². The molecule has 2 aromatic rings. The molecular formula is C21H28ClN5O4S. The zero-order chi connectivity index (χ0) is 21.9. The van der Waals surface area contributed by atoms with Gasteiger partial charge in [-0.05, 0) is 32.3 Å². The normalized spacial score (nSPS) is 28.3. The van der Waals surface area contributed by atoms with Crippen LogP contribution in [0.1, 0.15) is 29.1 Å². The van der Waals surface area contributed by atoms with Gasteiger partial charge in [0.2, 0.25) is 11.8 Å². The zero-order valence-corrected chi connectivity index (χ0v) is 19.7. The number of H-pyrrole nitrogens is 1. The van der Waals surface area contributed by atoms with Crippen LogP contribution in [0.2, 0.25) is 0 Å². The minimum Gasteiger partial charge on any atom is -0.368 e. The second-order valence-corrected chi connectivity index (χ2v) is 10.0. The smallest absolute Gasteiger partial charge is 0.259 e. The van der Waals surface area contributed by atoms with Gasteiger partial charge in [-0.25, -0.2) is 4.98 Å². The molecule has 174 valence electrons. The van der Waals surface area contributed by atoms with Crippen molar-refractivity contribution >= 4 is 45.8 Å². The molecule has 3 aliphatic rings. The summed E-state index contributed by atoms with van der Waals surface area (Å²) in [6.45, 7) is 5.65. The number of hydrogen-bond acceptors (Lipinski definition) is 7. The molecule has 11 heteroatoms. The Kier molecular flexibility index (Phi) is 6.08. The lowest BCUT2D eigenvalue weighted by atomic mass is 9.73. The first-order chi connectivity index (χ1) is 14.8. The first-order valence-electron chi connectivity index (χ1n) is 10.8. The maximum absolute atomic E-state index is 13.0. The maximum atomic E-state index is 13.0. The Morgan fingerprint density at radius 1 is 1.41 bits per heavy atom. The first kappa shape index (κ1) is 23.2. The predicted molar refractivity (Wildman–Crippen MR) is 123 cm³/mol. The van der Waals surface area contributed by atoms with E-state index >= 15 is 0 Å². The van der Waals surface area contributed by atoms with Crippen LogP contribution in [0.15, 0.2) is 4.79 Å². The van der Waals surface area contributed by atoms with Crippen molar-refractivity contribution in [2.24, 2.45) is 17.6 Å². The molecule has 2 amide bonds. The summed E-state index contributed by atoms with van der Waals surface area (Å²) in [4.78, 5) is 49.3. The molecule has 32 heavy (non-hydrogen) atoms. The van der Waals surface area contributed by atoms with Crippen molar-refractivity contribution in [3.8, 4) is 0 Å². The summed E-state index contributed by atoms with van der Waals surface area (Å²) in [5, 5.41) is 3.59. The van der Waals surface area contributed by atoms with E-state index in [1.54, 1.807) is 4.90 Å². The number of carbonyl (C=O) groups excluding carboxylic acids is 2. The lowest BCUT2D eigenvalue weighted by Crippen LogP contribution is -2.46. The van der Waals surface area contributed by atoms with Crippen LogP contribution in [-0.2, 0) is 20.7 Å². The number of ether oxygens (including phenoxy) is 1. The molecule has 4 atom stereocenters. The topological polar surface area (TPSA) is 130 Å². The van der Waals surface area contributed by atoms with Crippen LogP contribution in [0.5, 0.6) is 0 Å². The molecule has 5 heterocycles. The molecule has 3 fully saturated rings. The van der Waals surface area contributed by atoms with Gasteiger partial charge in [-0.3, -0.25) is 14.4 Å². The third-order valence-corrected chi connectivity index (χ3v) is 8.15. The van der Waals surface area contributed by atoms with Gasteiger partial charge >= 0.3 is 0 Å². The summed E-state index contributed by atoms with van der Waals surface area (Å²) in [6.07, 6.45) is 1.80. The van der Waals surface area contributed by atoms with E-state index in [-0.39, 0.29) is 35.9 Å². The number of amides is 2. The van der Waals surface area contributed by atoms with Gasteiger partial charge in [0.05, 0.1) is 35.5 Å². The van der Waals surface area contributed by atoms with Crippen LogP contribution in [0.4, 0.5) is 0 Å². The number of halogens is 1. The molecule has 9 nitrogen and oxygen atoms in total. The van der Waals surface area contributed by atoms with Crippen molar-refractivity contribution in [2.45, 2.75) is 44.8 Å². The average molecular weight is 482 g/mol. The summed E-state index contributed by atoms with van der Waals surface area (Å²) >= 11 is 1.50. The number of nitrogens with one attached hydrogen (secondary N) is 2. The molecule has 0 unspecified atom stereocenters. The van der Waals surface area contributed by atoms with Crippen LogP contribution >= 0.6 is 23.7 Å². The van der Waals surface area contributed by atoms with Gasteiger partial charge in [-0.15, -0.1) is 23.7 Å². The number of aryl methyl sites for hydroxylation is 2. The van der Waals surface area contributed by atoms with Gasteiger partial charge in [0, 0.05) is 30.9 Å². The number of hydrogen-bond donors (Lipinski definition) is 3. The van der Waals surface area contributed by atoms with E-state index in [1.165, 1.54) is 11.3 Å². The molecular weight excluding hydrogens is 454 g/mol. The second kappa shape index (κ2) is 8.40. The predicted octanol–water partition coefficient (Wildman–Crippen LogP) is 0.647. The SMILES string of the molecule is Cc1sc2nc(CCNC(=O)[C@H]3[C@@H]4CC[C@@]5(CN(CCN)C(=O)[C@@H]35)O4)[nH]c(=O)c2c1C.Cl. The number of rotatable bonds is 6. The lowest BCUT2D eigenvalue weighted by Gasteiger charge is -2.26. The Labute approximate surface area is 195 Å². The minimum absolute atomic E-state index is 0. The first-order valence-corrected chi connectivity index (χ1v) is 11.6. The summed E-state index contributed by atoms with van der Waals surface area (Å²) in [6, 6.07) is 0. The van der Waals surface area contributed by atoms with E-state index in [2.05, 4.69) is 15.3 Å². The fraction of sp³-hybridized carbons (Fsp3) is 0.619. The summed E-state index contributed by atoms with van der Waals surface area (Å²) in [5.41, 5.74) is 5.92. The van der Waals surface area contributed by atoms with E-state index < -0.39 is 17.4 Å². The minimum atomic E-state index is -0.536. The van der Waals surface area contributed by atoms with Crippen molar-refractivity contribution in [3.63, 3.8) is 0 Å². The van der Waals surface area contributed by atoms with Crippen molar-refractivity contribution < 1.29 is 14.3 Å². The molecule has 2 aromatic heterocycles. The summed E-state index contributed by atoms with van der Waals surface area (Å²) < 4.78 is 6.18. The Bertz CT molecular complexity index is 1130. The third kappa shape index (κ3) is 3.44. The number of thiophene rings is 1. The molecule has 3 saturated heterocycles. The number of likely N-dealkylation sites (tertiary alicyclic amines) is 1. The van der Waals surface area contributed by atoms with E-state index in [9.17, 15) is 14.4 Å². The molecule has 3 aliphatic heterocycles. The highest BCUT2D eigenvalue weighted by atomic mass is 35.5. The van der Waals surface area contributed by atoms with Crippen LogP contribution in [-0.4, -0.2) is 64.6 Å². The molecule has 2 bridgehead atoms. The number of aromatic amines is 1. The highest BCUT2D eigenvalue weighted by molar-refractivity contribution is 7.18. The van der Waals surface area contributed by atoms with E-state index in [1.807, 2.05) is 13.8 Å². The molecule has 0 saturated carbocycles. The van der Waals surface area contributed by atoms with Crippen molar-refractivity contribution in [2.75, 3.05) is 26.2 Å². The second-order valence-electron chi connectivity index (χ2n) is 8.83. The number of nitrogens with two attached hydrogens (primary N) is 1. The van der Waals surface area contributed by atoms with Gasteiger partial charge < -0.3 is 25.7 Å². The molecule has 0 aromatic carbocycles. The molecule has 0 radical (unpaired) electrons. The number of carbonyl (C=O) groups is 2. The average Bonchev–Trinajstić information content (AvgIpc) is 3.42. The summed E-state index contributed by atoms with van der Waals surface area (Å²) in [7, 11) is 0. The highest BCUT2D eigenvalue weighted by Crippen LogP contribution is 2.55. The van der Waals surface area contributed by atoms with Crippen LogP contribution in [0, 0.1) is 25.7 Å². The fourth-order valence-corrected chi connectivity index (χ4v) is 6.57. The highest BCUT2D eigenvalue weighted by Gasteiger charge is 2.68. The Hall–Kier alpha value is -2.01. The summed E-state index contributed by atoms with van der Waals surface area (Å²) in [5.74, 6) is -0.533. The molecule has 4 N–H and O–H groups in total. The lowest BCUT2D eigenvalue weighted by molar-refractivity contribution is -0.138. The Morgan fingerprint density at radius 3 is 2.94 bits per heavy atom. The largest absolute Gasteiger partial charge is 0.368 e. The Morgan fingerprint density at radius 2 is 2.19 bits per heavy atom. The molecule has 1 spiro atoms. The van der Waals surface area contributed by atoms with E-state index in [0.29, 0.717) is 43.8 Å². The number of nitrogens with zero attached hydrogens (tertiary/aromatic N) is 2. The van der Waals surface area contributed by atoms with E-state index in [4.69, 9.17) is 10.5 Å². The van der Waals surface area contributed by atoms with Crippen LogP contribution in [0.3, 0.4) is 0 Å². The van der Waals surface area contributed by atoms with Gasteiger partial charge in [-0.1, -0.05) is 0 Å². The monoisotopic (exact) mass is 481 g/mol. The van der Waals surface area contributed by atoms with Crippen molar-refractivity contribution in [1.29, 1.82) is 0 Å². The van der Waals surface area contributed by atoms with Gasteiger partial charge in [0.1, 0.15) is 10.7 Å². The van der Waals surface area contributed by atoms with Gasteiger partial charge in [0.15, 0.2) is 0 Å². The number of aromatic nitrogens is 2.